The topological polar surface area (TPSA) is 98.9 Å². The molecule has 1 saturated heterocycles. The zero-order valence-corrected chi connectivity index (χ0v) is 14.4. The van der Waals surface area contributed by atoms with Gasteiger partial charge in [0.2, 0.25) is 16.9 Å². The van der Waals surface area contributed by atoms with Crippen molar-refractivity contribution in [2.45, 2.75) is 31.0 Å². The summed E-state index contributed by atoms with van der Waals surface area (Å²) in [6, 6.07) is 3.67. The Morgan fingerprint density at radius 2 is 2.25 bits per heavy atom. The molecule has 2 aromatic rings. The normalized spacial score (nSPS) is 17.8. The van der Waals surface area contributed by atoms with Crippen LogP contribution in [0.3, 0.4) is 0 Å². The Morgan fingerprint density at radius 1 is 1.38 bits per heavy atom. The molecule has 3 rings (SSSR count). The molecular weight excluding hydrogens is 330 g/mol. The van der Waals surface area contributed by atoms with Crippen LogP contribution in [-0.2, 0) is 11.8 Å². The van der Waals surface area contributed by atoms with Crippen LogP contribution in [0.4, 0.5) is 0 Å². The number of thioether (sulfide) groups is 1. The largest absolute Gasteiger partial charge is 0.471 e. The number of tetrazole rings is 1. The first kappa shape index (κ1) is 16.6. The summed E-state index contributed by atoms with van der Waals surface area (Å²) in [4.78, 5) is 14.2. The van der Waals surface area contributed by atoms with Crippen molar-refractivity contribution in [1.82, 2.24) is 35.3 Å². The fourth-order valence-electron chi connectivity index (χ4n) is 2.44. The van der Waals surface area contributed by atoms with Crippen molar-refractivity contribution < 1.29 is 9.53 Å². The first-order valence-corrected chi connectivity index (χ1v) is 8.70. The molecule has 128 valence electrons. The maximum Gasteiger partial charge on any atom is 0.233 e. The minimum absolute atomic E-state index is 0.0544. The number of ether oxygens (including phenoxy) is 1. The quantitative estimate of drug-likeness (QED) is 0.718. The average Bonchev–Trinajstić information content (AvgIpc) is 3.00. The van der Waals surface area contributed by atoms with E-state index < -0.39 is 0 Å². The van der Waals surface area contributed by atoms with Crippen LogP contribution in [0.15, 0.2) is 17.3 Å². The van der Waals surface area contributed by atoms with Gasteiger partial charge in [-0.25, -0.2) is 4.68 Å². The number of hydrogen-bond donors (Lipinski definition) is 0. The molecule has 0 aliphatic carbocycles. The lowest BCUT2D eigenvalue weighted by molar-refractivity contribution is -0.130. The van der Waals surface area contributed by atoms with E-state index in [1.807, 2.05) is 17.9 Å². The predicted octanol–water partition coefficient (Wildman–Crippen LogP) is 0.471. The molecule has 0 saturated carbocycles. The monoisotopic (exact) mass is 349 g/mol. The van der Waals surface area contributed by atoms with E-state index in [1.54, 1.807) is 17.8 Å². The van der Waals surface area contributed by atoms with Crippen LogP contribution in [0.1, 0.15) is 18.5 Å². The number of likely N-dealkylation sites (tertiary alicyclic amines) is 1. The third kappa shape index (κ3) is 4.19. The Hall–Kier alpha value is -2.23. The highest BCUT2D eigenvalue weighted by atomic mass is 32.2. The van der Waals surface area contributed by atoms with Gasteiger partial charge in [-0.3, -0.25) is 4.79 Å². The fraction of sp³-hybridized carbons (Fsp3) is 0.571. The lowest BCUT2D eigenvalue weighted by Gasteiger charge is -2.32. The van der Waals surface area contributed by atoms with Crippen LogP contribution >= 0.6 is 11.8 Å². The minimum Gasteiger partial charge on any atom is -0.471 e. The molecule has 1 unspecified atom stereocenters. The number of rotatable bonds is 5. The number of carbonyl (C=O) groups is 1. The third-order valence-electron chi connectivity index (χ3n) is 3.70. The van der Waals surface area contributed by atoms with Gasteiger partial charge in [0.25, 0.3) is 0 Å². The van der Waals surface area contributed by atoms with E-state index in [4.69, 9.17) is 4.74 Å². The SMILES string of the molecule is Cc1ccc(OC2CCCN(C(=O)CSc3nnnn3C)C2)nn1. The van der Waals surface area contributed by atoms with Crippen molar-refractivity contribution in [2.75, 3.05) is 18.8 Å². The van der Waals surface area contributed by atoms with E-state index in [0.29, 0.717) is 23.3 Å². The molecule has 1 atom stereocenters. The smallest absolute Gasteiger partial charge is 0.233 e. The summed E-state index contributed by atoms with van der Waals surface area (Å²) in [6.07, 6.45) is 1.76. The zero-order chi connectivity index (χ0) is 16.9. The summed E-state index contributed by atoms with van der Waals surface area (Å²) in [5, 5.41) is 19.8. The number of nitrogens with zero attached hydrogens (tertiary/aromatic N) is 7. The van der Waals surface area contributed by atoms with Gasteiger partial charge in [-0.15, -0.1) is 10.2 Å². The maximum atomic E-state index is 12.4. The van der Waals surface area contributed by atoms with Gasteiger partial charge in [0.05, 0.1) is 18.0 Å². The van der Waals surface area contributed by atoms with Crippen molar-refractivity contribution in [1.29, 1.82) is 0 Å². The highest BCUT2D eigenvalue weighted by Gasteiger charge is 2.25. The molecule has 24 heavy (non-hydrogen) atoms. The Morgan fingerprint density at radius 3 is 2.96 bits per heavy atom. The minimum atomic E-state index is -0.0544. The number of aromatic nitrogens is 6. The molecule has 1 fully saturated rings. The van der Waals surface area contributed by atoms with Gasteiger partial charge < -0.3 is 9.64 Å². The highest BCUT2D eigenvalue weighted by molar-refractivity contribution is 7.99. The van der Waals surface area contributed by atoms with E-state index in [2.05, 4.69) is 25.7 Å². The second-order valence-electron chi connectivity index (χ2n) is 5.61. The van der Waals surface area contributed by atoms with E-state index in [0.717, 1.165) is 25.1 Å². The second-order valence-corrected chi connectivity index (χ2v) is 6.55. The second kappa shape index (κ2) is 7.56. The van der Waals surface area contributed by atoms with Gasteiger partial charge >= 0.3 is 0 Å². The van der Waals surface area contributed by atoms with Crippen molar-refractivity contribution in [3.63, 3.8) is 0 Å². The fourth-order valence-corrected chi connectivity index (χ4v) is 3.20. The lowest BCUT2D eigenvalue weighted by atomic mass is 10.1. The van der Waals surface area contributed by atoms with E-state index in [-0.39, 0.29) is 12.0 Å². The Kier molecular flexibility index (Phi) is 5.24. The van der Waals surface area contributed by atoms with Gasteiger partial charge in [0.1, 0.15) is 6.10 Å². The Balaban J connectivity index is 1.51. The van der Waals surface area contributed by atoms with Crippen LogP contribution in [0.25, 0.3) is 0 Å². The van der Waals surface area contributed by atoms with Crippen LogP contribution in [0, 0.1) is 6.92 Å². The van der Waals surface area contributed by atoms with E-state index in [1.165, 1.54) is 11.8 Å². The predicted molar refractivity (Wildman–Crippen MR) is 86.5 cm³/mol. The molecule has 0 radical (unpaired) electrons. The molecule has 1 aliphatic heterocycles. The van der Waals surface area contributed by atoms with Gasteiger partial charge in [-0.1, -0.05) is 11.8 Å². The summed E-state index contributed by atoms with van der Waals surface area (Å²) in [6.45, 7) is 3.18. The van der Waals surface area contributed by atoms with Crippen LogP contribution in [-0.4, -0.2) is 66.2 Å². The number of aryl methyl sites for hydroxylation is 2. The third-order valence-corrected chi connectivity index (χ3v) is 4.69. The molecule has 0 spiro atoms. The number of amides is 1. The molecule has 9 nitrogen and oxygen atoms in total. The van der Waals surface area contributed by atoms with Crippen molar-refractivity contribution >= 4 is 17.7 Å². The highest BCUT2D eigenvalue weighted by Crippen LogP contribution is 2.19. The summed E-state index contributed by atoms with van der Waals surface area (Å²) < 4.78 is 7.40. The molecule has 2 aromatic heterocycles. The molecule has 0 N–H and O–H groups in total. The molecule has 1 amide bonds. The van der Waals surface area contributed by atoms with Crippen molar-refractivity contribution in [2.24, 2.45) is 7.05 Å². The molecule has 0 bridgehead atoms. The molecule has 3 heterocycles. The van der Waals surface area contributed by atoms with Gasteiger partial charge in [-0.2, -0.15) is 5.10 Å². The molecule has 1 aliphatic rings. The number of carbonyl (C=O) groups excluding carboxylic acids is 1. The summed E-state index contributed by atoms with van der Waals surface area (Å²) in [5.74, 6) is 0.872. The summed E-state index contributed by atoms with van der Waals surface area (Å²) >= 11 is 1.33. The first-order valence-electron chi connectivity index (χ1n) is 7.72. The van der Waals surface area contributed by atoms with E-state index in [9.17, 15) is 4.79 Å². The molecular formula is C14H19N7O2S. The number of hydrogen-bond acceptors (Lipinski definition) is 8. The average molecular weight is 349 g/mol. The summed E-state index contributed by atoms with van der Waals surface area (Å²) in [5.41, 5.74) is 0.845. The van der Waals surface area contributed by atoms with Crippen LogP contribution in [0.2, 0.25) is 0 Å². The van der Waals surface area contributed by atoms with Gasteiger partial charge in [-0.05, 0) is 36.3 Å². The van der Waals surface area contributed by atoms with Crippen molar-refractivity contribution in [3.8, 4) is 5.88 Å². The van der Waals surface area contributed by atoms with Crippen LogP contribution in [0.5, 0.6) is 5.88 Å². The standard InChI is InChI=1S/C14H19N7O2S/c1-10-5-6-12(16-15-10)23-11-4-3-7-21(8-11)13(22)9-24-14-17-18-19-20(14)2/h5-6,11H,3-4,7-9H2,1-2H3. The first-order chi connectivity index (χ1) is 11.6. The maximum absolute atomic E-state index is 12.4. The Labute approximate surface area is 143 Å². The zero-order valence-electron chi connectivity index (χ0n) is 13.6. The lowest BCUT2D eigenvalue weighted by Crippen LogP contribution is -2.45. The Bertz CT molecular complexity index is 691. The molecule has 0 aromatic carbocycles. The van der Waals surface area contributed by atoms with E-state index >= 15 is 0 Å². The summed E-state index contributed by atoms with van der Waals surface area (Å²) in [7, 11) is 1.75. The molecule has 10 heteroatoms. The van der Waals surface area contributed by atoms with Crippen LogP contribution < -0.4 is 4.74 Å². The van der Waals surface area contributed by atoms with Gasteiger partial charge in [0.15, 0.2) is 0 Å². The van der Waals surface area contributed by atoms with Gasteiger partial charge in [0, 0.05) is 19.7 Å². The number of piperidine rings is 1. The van der Waals surface area contributed by atoms with Crippen molar-refractivity contribution in [3.05, 3.63) is 17.8 Å².